The average Bonchev–Trinajstić information content (AvgIpc) is 2.73. The van der Waals surface area contributed by atoms with E-state index >= 15 is 0 Å². The lowest BCUT2D eigenvalue weighted by atomic mass is 10.1. The van der Waals surface area contributed by atoms with Gasteiger partial charge >= 0.3 is 6.61 Å². The highest BCUT2D eigenvalue weighted by Gasteiger charge is 2.26. The highest BCUT2D eigenvalue weighted by molar-refractivity contribution is 5.96. The van der Waals surface area contributed by atoms with Gasteiger partial charge in [-0.15, -0.1) is 0 Å². The number of halogens is 3. The summed E-state index contributed by atoms with van der Waals surface area (Å²) < 4.78 is 47.2. The molecular formula is C20H19F3N2O4. The van der Waals surface area contributed by atoms with E-state index in [0.717, 1.165) is 0 Å². The molecule has 0 aliphatic carbocycles. The Kier molecular flexibility index (Phi) is 6.26. The number of ether oxygens (including phenoxy) is 2. The molecule has 1 aliphatic heterocycles. The maximum atomic E-state index is 13.0. The molecule has 0 spiro atoms. The third kappa shape index (κ3) is 4.79. The zero-order valence-corrected chi connectivity index (χ0v) is 15.6. The minimum absolute atomic E-state index is 0.0290. The van der Waals surface area contributed by atoms with E-state index in [9.17, 15) is 22.8 Å². The number of carbonyl (C=O) groups excluding carboxylic acids is 2. The summed E-state index contributed by atoms with van der Waals surface area (Å²) in [6, 6.07) is 9.28. The van der Waals surface area contributed by atoms with Gasteiger partial charge in [0, 0.05) is 37.3 Å². The van der Waals surface area contributed by atoms with Crippen LogP contribution in [0.5, 0.6) is 11.5 Å². The molecule has 1 heterocycles. The fraction of sp³-hybridized carbons (Fsp3) is 0.300. The summed E-state index contributed by atoms with van der Waals surface area (Å²) in [7, 11) is 1.29. The molecule has 2 aromatic carbocycles. The summed E-state index contributed by atoms with van der Waals surface area (Å²) in [5.41, 5.74) is 0.646. The number of benzene rings is 2. The van der Waals surface area contributed by atoms with Crippen LogP contribution in [0.1, 0.15) is 20.7 Å². The Hall–Kier alpha value is -3.23. The molecule has 154 valence electrons. The predicted octanol–water partition coefficient (Wildman–Crippen LogP) is 3.03. The first-order valence-corrected chi connectivity index (χ1v) is 8.86. The number of nitrogens with zero attached hydrogens (tertiary/aromatic N) is 2. The van der Waals surface area contributed by atoms with Crippen molar-refractivity contribution in [2.24, 2.45) is 0 Å². The van der Waals surface area contributed by atoms with Crippen molar-refractivity contribution in [3.63, 3.8) is 0 Å². The van der Waals surface area contributed by atoms with Crippen LogP contribution in [0.15, 0.2) is 42.5 Å². The fourth-order valence-corrected chi connectivity index (χ4v) is 3.06. The number of carbonyl (C=O) groups is 2. The molecule has 1 fully saturated rings. The van der Waals surface area contributed by atoms with Crippen molar-refractivity contribution in [1.82, 2.24) is 9.80 Å². The molecule has 9 heteroatoms. The van der Waals surface area contributed by atoms with E-state index in [1.165, 1.54) is 49.6 Å². The minimum Gasteiger partial charge on any atom is -0.493 e. The van der Waals surface area contributed by atoms with Gasteiger partial charge in [-0.05, 0) is 42.5 Å². The Bertz CT molecular complexity index is 882. The van der Waals surface area contributed by atoms with Gasteiger partial charge in [0.2, 0.25) is 0 Å². The highest BCUT2D eigenvalue weighted by atomic mass is 19.3. The Morgan fingerprint density at radius 2 is 1.38 bits per heavy atom. The van der Waals surface area contributed by atoms with Crippen LogP contribution in [0, 0.1) is 5.82 Å². The van der Waals surface area contributed by atoms with Gasteiger partial charge in [0.25, 0.3) is 11.8 Å². The summed E-state index contributed by atoms with van der Waals surface area (Å²) in [6.45, 7) is -1.73. The van der Waals surface area contributed by atoms with Gasteiger partial charge in [-0.1, -0.05) is 0 Å². The van der Waals surface area contributed by atoms with E-state index in [4.69, 9.17) is 4.74 Å². The van der Waals surface area contributed by atoms with Crippen LogP contribution in [0.4, 0.5) is 13.2 Å². The first kappa shape index (κ1) is 20.5. The Balaban J connectivity index is 1.64. The Morgan fingerprint density at radius 3 is 1.90 bits per heavy atom. The SMILES string of the molecule is COc1cc(C(=O)N2CCN(C(=O)c3ccc(F)cc3)CC2)ccc1OC(F)F. The molecule has 2 amide bonds. The van der Waals surface area contributed by atoms with E-state index < -0.39 is 12.4 Å². The molecule has 2 aromatic rings. The molecule has 0 unspecified atom stereocenters. The summed E-state index contributed by atoms with van der Waals surface area (Å²) in [5.74, 6) is -1.08. The Morgan fingerprint density at radius 1 is 0.862 bits per heavy atom. The van der Waals surface area contributed by atoms with Gasteiger partial charge in [0.1, 0.15) is 5.82 Å². The first-order valence-electron chi connectivity index (χ1n) is 8.86. The second-order valence-electron chi connectivity index (χ2n) is 6.34. The molecule has 0 saturated carbocycles. The highest BCUT2D eigenvalue weighted by Crippen LogP contribution is 2.30. The molecule has 1 saturated heterocycles. The summed E-state index contributed by atoms with van der Waals surface area (Å²) in [5, 5.41) is 0. The molecule has 0 bridgehead atoms. The van der Waals surface area contributed by atoms with Crippen LogP contribution < -0.4 is 9.47 Å². The van der Waals surface area contributed by atoms with E-state index in [1.807, 2.05) is 0 Å². The Labute approximate surface area is 165 Å². The summed E-state index contributed by atoms with van der Waals surface area (Å²) in [6.07, 6.45) is 0. The van der Waals surface area contributed by atoms with Crippen molar-refractivity contribution in [3.05, 3.63) is 59.4 Å². The number of hydrogen-bond acceptors (Lipinski definition) is 4. The molecule has 3 rings (SSSR count). The molecule has 0 atom stereocenters. The molecule has 6 nitrogen and oxygen atoms in total. The first-order chi connectivity index (χ1) is 13.9. The van der Waals surface area contributed by atoms with Crippen molar-refractivity contribution in [2.75, 3.05) is 33.3 Å². The smallest absolute Gasteiger partial charge is 0.387 e. The maximum absolute atomic E-state index is 13.0. The second-order valence-corrected chi connectivity index (χ2v) is 6.34. The van der Waals surface area contributed by atoms with Gasteiger partial charge in [-0.3, -0.25) is 9.59 Å². The molecular weight excluding hydrogens is 389 g/mol. The molecule has 1 aliphatic rings. The number of amides is 2. The van der Waals surface area contributed by atoms with Crippen molar-refractivity contribution in [2.45, 2.75) is 6.61 Å². The van der Waals surface area contributed by atoms with Crippen molar-refractivity contribution < 1.29 is 32.2 Å². The predicted molar refractivity (Wildman–Crippen MR) is 97.8 cm³/mol. The quantitative estimate of drug-likeness (QED) is 0.763. The number of alkyl halides is 2. The van der Waals surface area contributed by atoms with Crippen LogP contribution in [-0.2, 0) is 0 Å². The second kappa shape index (κ2) is 8.85. The zero-order valence-electron chi connectivity index (χ0n) is 15.6. The topological polar surface area (TPSA) is 59.1 Å². The fourth-order valence-electron chi connectivity index (χ4n) is 3.06. The largest absolute Gasteiger partial charge is 0.493 e. The van der Waals surface area contributed by atoms with Gasteiger partial charge < -0.3 is 19.3 Å². The van der Waals surface area contributed by atoms with Crippen molar-refractivity contribution >= 4 is 11.8 Å². The van der Waals surface area contributed by atoms with E-state index in [1.54, 1.807) is 9.80 Å². The van der Waals surface area contributed by atoms with E-state index in [-0.39, 0.29) is 28.9 Å². The summed E-state index contributed by atoms with van der Waals surface area (Å²) >= 11 is 0. The number of rotatable bonds is 5. The lowest BCUT2D eigenvalue weighted by Crippen LogP contribution is -2.50. The van der Waals surface area contributed by atoms with Crippen LogP contribution >= 0.6 is 0 Å². The maximum Gasteiger partial charge on any atom is 0.387 e. The summed E-state index contributed by atoms with van der Waals surface area (Å²) in [4.78, 5) is 28.4. The van der Waals surface area contributed by atoms with Gasteiger partial charge in [-0.25, -0.2) is 4.39 Å². The van der Waals surface area contributed by atoms with Crippen LogP contribution in [-0.4, -0.2) is 61.5 Å². The van der Waals surface area contributed by atoms with E-state index in [2.05, 4.69) is 4.74 Å². The zero-order chi connectivity index (χ0) is 21.0. The third-order valence-electron chi connectivity index (χ3n) is 4.57. The lowest BCUT2D eigenvalue weighted by Gasteiger charge is -2.35. The third-order valence-corrected chi connectivity index (χ3v) is 4.57. The van der Waals surface area contributed by atoms with Crippen molar-refractivity contribution in [3.8, 4) is 11.5 Å². The number of piperazine rings is 1. The number of methoxy groups -OCH3 is 1. The number of hydrogen-bond donors (Lipinski definition) is 0. The average molecular weight is 408 g/mol. The van der Waals surface area contributed by atoms with Gasteiger partial charge in [0.15, 0.2) is 11.5 Å². The standard InChI is InChI=1S/C20H19F3N2O4/c1-28-17-12-14(4-7-16(17)29-20(22)23)19(27)25-10-8-24(9-11-25)18(26)13-2-5-15(21)6-3-13/h2-7,12,20H,8-11H2,1H3. The minimum atomic E-state index is -3.00. The normalized spacial score (nSPS) is 14.1. The van der Waals surface area contributed by atoms with Gasteiger partial charge in [-0.2, -0.15) is 8.78 Å². The molecule has 29 heavy (non-hydrogen) atoms. The molecule has 0 aromatic heterocycles. The monoisotopic (exact) mass is 408 g/mol. The van der Waals surface area contributed by atoms with Gasteiger partial charge in [0.05, 0.1) is 7.11 Å². The van der Waals surface area contributed by atoms with Crippen LogP contribution in [0.2, 0.25) is 0 Å². The van der Waals surface area contributed by atoms with Crippen LogP contribution in [0.3, 0.4) is 0 Å². The molecule has 0 N–H and O–H groups in total. The lowest BCUT2D eigenvalue weighted by molar-refractivity contribution is -0.0512. The van der Waals surface area contributed by atoms with Crippen LogP contribution in [0.25, 0.3) is 0 Å². The van der Waals surface area contributed by atoms with E-state index in [0.29, 0.717) is 31.7 Å². The molecule has 0 radical (unpaired) electrons. The van der Waals surface area contributed by atoms with Crippen molar-refractivity contribution in [1.29, 1.82) is 0 Å².